The molecule has 1 rings (SSSR count). The van der Waals surface area contributed by atoms with Crippen LogP contribution in [0.25, 0.3) is 0 Å². The third kappa shape index (κ3) is 2.13. The average molecular weight is 168 g/mol. The number of hydrogen-bond donors (Lipinski definition) is 3. The van der Waals surface area contributed by atoms with Crippen LogP contribution >= 0.6 is 0 Å². The Balaban J connectivity index is 2.86. The molecule has 4 N–H and O–H groups in total. The molecule has 5 heteroatoms. The lowest BCUT2D eigenvalue weighted by Crippen LogP contribution is -2.20. The third-order valence-corrected chi connectivity index (χ3v) is 1.38. The van der Waals surface area contributed by atoms with Crippen molar-refractivity contribution in [3.63, 3.8) is 0 Å². The minimum atomic E-state index is -0.697. The Bertz CT molecular complexity index is 280. The smallest absolute Gasteiger partial charge is 0.406 e. The number of nitrogen functional groups attached to an aromatic ring is 1. The highest BCUT2D eigenvalue weighted by Gasteiger charge is 2.05. The molecule has 0 radical (unpaired) electrons. The Morgan fingerprint density at radius 2 is 2.25 bits per heavy atom. The lowest BCUT2D eigenvalue weighted by Gasteiger charge is -2.08. The van der Waals surface area contributed by atoms with Crippen molar-refractivity contribution in [3.05, 3.63) is 24.0 Å². The standard InChI is InChI=1S/C7H10BFN2O/c1-8(12)11-7-3-2-5(9)4-6(7)10/h2-4,11-12H,10H2,1H3. The molecule has 0 atom stereocenters. The van der Waals surface area contributed by atoms with E-state index in [-0.39, 0.29) is 11.5 Å². The summed E-state index contributed by atoms with van der Waals surface area (Å²) in [5.74, 6) is -0.386. The van der Waals surface area contributed by atoms with E-state index in [9.17, 15) is 4.39 Å². The summed E-state index contributed by atoms with van der Waals surface area (Å²) in [4.78, 5) is 0. The molecule has 3 nitrogen and oxygen atoms in total. The van der Waals surface area contributed by atoms with Crippen molar-refractivity contribution in [2.24, 2.45) is 0 Å². The lowest BCUT2D eigenvalue weighted by atomic mass is 9.88. The van der Waals surface area contributed by atoms with Gasteiger partial charge < -0.3 is 16.0 Å². The van der Waals surface area contributed by atoms with Crippen LogP contribution < -0.4 is 11.0 Å². The third-order valence-electron chi connectivity index (χ3n) is 1.38. The van der Waals surface area contributed by atoms with E-state index in [1.54, 1.807) is 6.82 Å². The van der Waals surface area contributed by atoms with Crippen molar-refractivity contribution in [1.82, 2.24) is 0 Å². The van der Waals surface area contributed by atoms with Gasteiger partial charge in [-0.2, -0.15) is 0 Å². The number of benzene rings is 1. The fraction of sp³-hybridized carbons (Fsp3) is 0.143. The first-order valence-electron chi connectivity index (χ1n) is 3.59. The molecule has 1 aromatic rings. The number of rotatable bonds is 2. The molecule has 0 fully saturated rings. The molecule has 0 aromatic heterocycles. The van der Waals surface area contributed by atoms with Crippen molar-refractivity contribution in [2.75, 3.05) is 11.0 Å². The summed E-state index contributed by atoms with van der Waals surface area (Å²) < 4.78 is 12.5. The zero-order valence-corrected chi connectivity index (χ0v) is 6.71. The first-order chi connectivity index (χ1) is 5.59. The first-order valence-corrected chi connectivity index (χ1v) is 3.59. The van der Waals surface area contributed by atoms with E-state index in [1.165, 1.54) is 18.2 Å². The summed E-state index contributed by atoms with van der Waals surface area (Å²) >= 11 is 0. The maximum Gasteiger partial charge on any atom is 0.406 e. The van der Waals surface area contributed by atoms with Crippen molar-refractivity contribution < 1.29 is 9.41 Å². The number of hydrogen-bond acceptors (Lipinski definition) is 3. The van der Waals surface area contributed by atoms with Crippen molar-refractivity contribution >= 4 is 18.4 Å². The van der Waals surface area contributed by atoms with Gasteiger partial charge in [-0.05, 0) is 25.0 Å². The predicted molar refractivity (Wildman–Crippen MR) is 48.3 cm³/mol. The molecular formula is C7H10BFN2O. The van der Waals surface area contributed by atoms with Crippen molar-refractivity contribution in [2.45, 2.75) is 6.82 Å². The van der Waals surface area contributed by atoms with Crippen LogP contribution in [0, 0.1) is 5.82 Å². The van der Waals surface area contributed by atoms with Crippen LogP contribution in [0.3, 0.4) is 0 Å². The van der Waals surface area contributed by atoms with Gasteiger partial charge in [0, 0.05) is 5.69 Å². The summed E-state index contributed by atoms with van der Waals surface area (Å²) in [5, 5.41) is 11.6. The van der Waals surface area contributed by atoms with E-state index in [0.29, 0.717) is 5.69 Å². The summed E-state index contributed by atoms with van der Waals surface area (Å²) in [6, 6.07) is 3.96. The van der Waals surface area contributed by atoms with Gasteiger partial charge in [0.15, 0.2) is 0 Å². The van der Waals surface area contributed by atoms with Crippen LogP contribution in [0.4, 0.5) is 15.8 Å². The number of anilines is 2. The molecule has 0 saturated heterocycles. The van der Waals surface area contributed by atoms with Crippen LogP contribution in [0.15, 0.2) is 18.2 Å². The quantitative estimate of drug-likeness (QED) is 0.454. The van der Waals surface area contributed by atoms with Gasteiger partial charge in [-0.25, -0.2) is 4.39 Å². The molecule has 1 aromatic carbocycles. The predicted octanol–water partition coefficient (Wildman–Crippen LogP) is 0.930. The van der Waals surface area contributed by atoms with Crippen LogP contribution in [0.2, 0.25) is 6.82 Å². The first kappa shape index (κ1) is 8.87. The lowest BCUT2D eigenvalue weighted by molar-refractivity contribution is 0.587. The highest BCUT2D eigenvalue weighted by Crippen LogP contribution is 2.18. The second-order valence-corrected chi connectivity index (χ2v) is 2.55. The summed E-state index contributed by atoms with van der Waals surface area (Å²) in [7, 11) is -0.697. The van der Waals surface area contributed by atoms with Crippen LogP contribution in [-0.2, 0) is 0 Å². The normalized spacial score (nSPS) is 9.58. The van der Waals surface area contributed by atoms with Gasteiger partial charge in [-0.15, -0.1) is 0 Å². The fourth-order valence-corrected chi connectivity index (χ4v) is 0.890. The molecule has 0 aliphatic heterocycles. The second-order valence-electron chi connectivity index (χ2n) is 2.55. The van der Waals surface area contributed by atoms with Gasteiger partial charge in [0.2, 0.25) is 0 Å². The molecule has 0 unspecified atom stereocenters. The Hall–Kier alpha value is -1.23. The number of nitrogens with one attached hydrogen (secondary N) is 1. The van der Waals surface area contributed by atoms with Crippen molar-refractivity contribution in [1.29, 1.82) is 0 Å². The molecule has 64 valence electrons. The van der Waals surface area contributed by atoms with E-state index in [0.717, 1.165) is 0 Å². The minimum Gasteiger partial charge on any atom is -0.433 e. The molecule has 0 aliphatic rings. The SMILES string of the molecule is CB(O)Nc1ccc(F)cc1N. The molecule has 0 aliphatic carbocycles. The largest absolute Gasteiger partial charge is 0.433 e. The van der Waals surface area contributed by atoms with E-state index in [4.69, 9.17) is 10.8 Å². The molecule has 12 heavy (non-hydrogen) atoms. The second kappa shape index (κ2) is 3.45. The van der Waals surface area contributed by atoms with Gasteiger partial charge >= 0.3 is 7.05 Å². The van der Waals surface area contributed by atoms with Crippen LogP contribution in [-0.4, -0.2) is 12.1 Å². The minimum absolute atomic E-state index is 0.288. The van der Waals surface area contributed by atoms with Gasteiger partial charge in [-0.1, -0.05) is 0 Å². The maximum atomic E-state index is 12.5. The summed E-state index contributed by atoms with van der Waals surface area (Å²) in [6.45, 7) is 1.56. The Labute approximate surface area is 70.5 Å². The molecule has 0 amide bonds. The van der Waals surface area contributed by atoms with Crippen LogP contribution in [0.5, 0.6) is 0 Å². The molecule has 0 heterocycles. The van der Waals surface area contributed by atoms with Gasteiger partial charge in [0.1, 0.15) is 5.82 Å². The Morgan fingerprint density at radius 3 is 2.75 bits per heavy atom. The molecular weight excluding hydrogens is 158 g/mol. The van der Waals surface area contributed by atoms with Crippen molar-refractivity contribution in [3.8, 4) is 0 Å². The number of nitrogens with two attached hydrogens (primary N) is 1. The Morgan fingerprint density at radius 1 is 1.58 bits per heavy atom. The summed E-state index contributed by atoms with van der Waals surface area (Å²) in [6.07, 6.45) is 0. The van der Waals surface area contributed by atoms with E-state index >= 15 is 0 Å². The highest BCUT2D eigenvalue weighted by atomic mass is 19.1. The van der Waals surface area contributed by atoms with Gasteiger partial charge in [0.05, 0.1) is 5.69 Å². The molecule has 0 bridgehead atoms. The van der Waals surface area contributed by atoms with E-state index < -0.39 is 7.05 Å². The highest BCUT2D eigenvalue weighted by molar-refractivity contribution is 6.53. The average Bonchev–Trinajstić information content (AvgIpc) is 1.94. The molecule has 0 saturated carbocycles. The van der Waals surface area contributed by atoms with Crippen LogP contribution in [0.1, 0.15) is 0 Å². The fourth-order valence-electron chi connectivity index (χ4n) is 0.890. The van der Waals surface area contributed by atoms with Gasteiger partial charge in [-0.3, -0.25) is 0 Å². The zero-order chi connectivity index (χ0) is 9.14. The van der Waals surface area contributed by atoms with E-state index in [1.807, 2.05) is 0 Å². The number of halogens is 1. The van der Waals surface area contributed by atoms with Gasteiger partial charge in [0.25, 0.3) is 0 Å². The summed E-state index contributed by atoms with van der Waals surface area (Å²) in [5.41, 5.74) is 6.28. The molecule has 0 spiro atoms. The van der Waals surface area contributed by atoms with E-state index in [2.05, 4.69) is 5.23 Å². The monoisotopic (exact) mass is 168 g/mol. The Kier molecular flexibility index (Phi) is 2.55. The zero-order valence-electron chi connectivity index (χ0n) is 6.71. The maximum absolute atomic E-state index is 12.5. The topological polar surface area (TPSA) is 58.3 Å².